The number of hydrogen-bond acceptors (Lipinski definition) is 5. The summed E-state index contributed by atoms with van der Waals surface area (Å²) in [5.74, 6) is 0.793. The summed E-state index contributed by atoms with van der Waals surface area (Å²) in [6.07, 6.45) is 3.61. The van der Waals surface area contributed by atoms with Gasteiger partial charge >= 0.3 is 0 Å². The number of nitrogens with zero attached hydrogens (tertiary/aromatic N) is 2. The van der Waals surface area contributed by atoms with Crippen LogP contribution in [0.1, 0.15) is 31.1 Å². The van der Waals surface area contributed by atoms with Crippen LogP contribution in [0.5, 0.6) is 0 Å². The summed E-state index contributed by atoms with van der Waals surface area (Å²) in [7, 11) is 0. The van der Waals surface area contributed by atoms with Crippen LogP contribution in [0.25, 0.3) is 10.2 Å². The van der Waals surface area contributed by atoms with Gasteiger partial charge in [0.15, 0.2) is 0 Å². The molecule has 1 amide bonds. The van der Waals surface area contributed by atoms with Gasteiger partial charge in [0, 0.05) is 23.9 Å². The third-order valence-electron chi connectivity index (χ3n) is 3.35. The first-order valence-corrected chi connectivity index (χ1v) is 8.34. The molecule has 0 aliphatic heterocycles. The topological polar surface area (TPSA) is 66.9 Å². The van der Waals surface area contributed by atoms with Gasteiger partial charge in [0.25, 0.3) is 0 Å². The molecule has 1 fully saturated rings. The SMILES string of the molecule is CCc1cc2c(NCCC(=O)NC3CC3)nc(Cl)nc2s1. The van der Waals surface area contributed by atoms with E-state index in [1.807, 2.05) is 0 Å². The molecule has 0 aromatic carbocycles. The van der Waals surface area contributed by atoms with Gasteiger partial charge in [-0.1, -0.05) is 6.92 Å². The van der Waals surface area contributed by atoms with E-state index in [1.165, 1.54) is 4.88 Å². The maximum absolute atomic E-state index is 11.7. The summed E-state index contributed by atoms with van der Waals surface area (Å²) in [6.45, 7) is 2.65. The molecule has 1 aliphatic rings. The lowest BCUT2D eigenvalue weighted by Crippen LogP contribution is -2.27. The van der Waals surface area contributed by atoms with Gasteiger partial charge in [-0.25, -0.2) is 9.97 Å². The molecule has 2 N–H and O–H groups in total. The zero-order valence-corrected chi connectivity index (χ0v) is 13.4. The molecular weight excluding hydrogens is 308 g/mol. The van der Waals surface area contributed by atoms with E-state index in [4.69, 9.17) is 11.6 Å². The number of aryl methyl sites for hydroxylation is 1. The molecule has 1 aliphatic carbocycles. The standard InChI is InChI=1S/C14H17ClN4OS/c1-2-9-7-10-12(18-14(15)19-13(10)21-9)16-6-5-11(20)17-8-3-4-8/h7-8H,2-6H2,1H3,(H,17,20)(H,16,18,19). The lowest BCUT2D eigenvalue weighted by Gasteiger charge is -2.07. The van der Waals surface area contributed by atoms with Crippen molar-refractivity contribution in [1.29, 1.82) is 0 Å². The summed E-state index contributed by atoms with van der Waals surface area (Å²) in [5, 5.41) is 7.38. The minimum atomic E-state index is 0.0842. The van der Waals surface area contributed by atoms with Gasteiger partial charge in [0.1, 0.15) is 10.6 Å². The van der Waals surface area contributed by atoms with Crippen molar-refractivity contribution in [2.45, 2.75) is 38.6 Å². The predicted octanol–water partition coefficient (Wildman–Crippen LogP) is 2.99. The minimum absolute atomic E-state index is 0.0842. The molecule has 3 rings (SSSR count). The number of thiophene rings is 1. The Morgan fingerprint density at radius 1 is 1.48 bits per heavy atom. The minimum Gasteiger partial charge on any atom is -0.369 e. The molecule has 2 heterocycles. The van der Waals surface area contributed by atoms with Gasteiger partial charge in [-0.3, -0.25) is 4.79 Å². The highest BCUT2D eigenvalue weighted by Crippen LogP contribution is 2.30. The molecule has 7 heteroatoms. The number of fused-ring (bicyclic) bond motifs is 1. The molecule has 0 radical (unpaired) electrons. The van der Waals surface area contributed by atoms with E-state index in [0.717, 1.165) is 29.5 Å². The highest BCUT2D eigenvalue weighted by molar-refractivity contribution is 7.18. The van der Waals surface area contributed by atoms with Gasteiger partial charge < -0.3 is 10.6 Å². The Balaban J connectivity index is 1.67. The van der Waals surface area contributed by atoms with Gasteiger partial charge in [0.05, 0.1) is 5.39 Å². The number of carbonyl (C=O) groups excluding carboxylic acids is 1. The van der Waals surface area contributed by atoms with E-state index in [-0.39, 0.29) is 11.2 Å². The van der Waals surface area contributed by atoms with Crippen LogP contribution in [-0.2, 0) is 11.2 Å². The van der Waals surface area contributed by atoms with Crippen molar-refractivity contribution in [3.05, 3.63) is 16.2 Å². The maximum Gasteiger partial charge on any atom is 0.225 e. The molecular formula is C14H17ClN4OS. The summed E-state index contributed by atoms with van der Waals surface area (Å²) < 4.78 is 0. The fourth-order valence-corrected chi connectivity index (χ4v) is 3.26. The van der Waals surface area contributed by atoms with E-state index in [9.17, 15) is 4.79 Å². The smallest absolute Gasteiger partial charge is 0.225 e. The van der Waals surface area contributed by atoms with Crippen molar-refractivity contribution < 1.29 is 4.79 Å². The molecule has 2 aromatic heterocycles. The summed E-state index contributed by atoms with van der Waals surface area (Å²) >= 11 is 7.59. The average molecular weight is 325 g/mol. The number of rotatable bonds is 6. The van der Waals surface area contributed by atoms with Gasteiger partial charge in [-0.05, 0) is 36.9 Å². The largest absolute Gasteiger partial charge is 0.369 e. The Labute approximate surface area is 132 Å². The van der Waals surface area contributed by atoms with Gasteiger partial charge in [0.2, 0.25) is 11.2 Å². The Hall–Kier alpha value is -1.40. The molecule has 1 saturated carbocycles. The fourth-order valence-electron chi connectivity index (χ4n) is 2.08. The number of amides is 1. The number of carbonyl (C=O) groups is 1. The third-order valence-corrected chi connectivity index (χ3v) is 4.69. The van der Waals surface area contributed by atoms with Crippen molar-refractivity contribution in [3.63, 3.8) is 0 Å². The van der Waals surface area contributed by atoms with Crippen molar-refractivity contribution in [3.8, 4) is 0 Å². The molecule has 0 unspecified atom stereocenters. The Kier molecular flexibility index (Phi) is 4.26. The van der Waals surface area contributed by atoms with E-state index < -0.39 is 0 Å². The first-order valence-electron chi connectivity index (χ1n) is 7.15. The number of hydrogen-bond donors (Lipinski definition) is 2. The first-order chi connectivity index (χ1) is 10.2. The summed E-state index contributed by atoms with van der Waals surface area (Å²) in [4.78, 5) is 22.3. The summed E-state index contributed by atoms with van der Waals surface area (Å²) in [6, 6.07) is 2.49. The van der Waals surface area contributed by atoms with Crippen LogP contribution in [0.15, 0.2) is 6.07 Å². The van der Waals surface area contributed by atoms with Crippen LogP contribution in [0.2, 0.25) is 5.28 Å². The van der Waals surface area contributed by atoms with Crippen molar-refractivity contribution in [2.24, 2.45) is 0 Å². The van der Waals surface area contributed by atoms with Crippen LogP contribution in [-0.4, -0.2) is 28.5 Å². The van der Waals surface area contributed by atoms with Crippen molar-refractivity contribution in [1.82, 2.24) is 15.3 Å². The zero-order chi connectivity index (χ0) is 14.8. The Morgan fingerprint density at radius 3 is 3.00 bits per heavy atom. The quantitative estimate of drug-likeness (QED) is 0.802. The second-order valence-corrected chi connectivity index (χ2v) is 6.60. The molecule has 0 spiro atoms. The van der Waals surface area contributed by atoms with Crippen molar-refractivity contribution in [2.75, 3.05) is 11.9 Å². The Bertz CT molecular complexity index is 668. The number of nitrogens with one attached hydrogen (secondary N) is 2. The lowest BCUT2D eigenvalue weighted by molar-refractivity contribution is -0.120. The third kappa shape index (κ3) is 3.63. The zero-order valence-electron chi connectivity index (χ0n) is 11.8. The lowest BCUT2D eigenvalue weighted by atomic mass is 10.3. The highest BCUT2D eigenvalue weighted by Gasteiger charge is 2.22. The van der Waals surface area contributed by atoms with Crippen LogP contribution in [0.3, 0.4) is 0 Å². The average Bonchev–Trinajstić information content (AvgIpc) is 3.15. The molecule has 112 valence electrons. The van der Waals surface area contributed by atoms with Gasteiger partial charge in [-0.2, -0.15) is 0 Å². The van der Waals surface area contributed by atoms with Crippen LogP contribution >= 0.6 is 22.9 Å². The number of anilines is 1. The van der Waals surface area contributed by atoms with Crippen molar-refractivity contribution >= 4 is 44.9 Å². The molecule has 2 aromatic rings. The second-order valence-electron chi connectivity index (χ2n) is 5.14. The van der Waals surface area contributed by atoms with E-state index in [0.29, 0.717) is 24.8 Å². The Morgan fingerprint density at radius 2 is 2.29 bits per heavy atom. The van der Waals surface area contributed by atoms with Crippen LogP contribution in [0.4, 0.5) is 5.82 Å². The molecule has 5 nitrogen and oxygen atoms in total. The maximum atomic E-state index is 11.7. The van der Waals surface area contributed by atoms with Crippen LogP contribution < -0.4 is 10.6 Å². The predicted molar refractivity (Wildman–Crippen MR) is 86.1 cm³/mol. The van der Waals surface area contributed by atoms with Gasteiger partial charge in [-0.15, -0.1) is 11.3 Å². The van der Waals surface area contributed by atoms with E-state index in [1.54, 1.807) is 11.3 Å². The van der Waals surface area contributed by atoms with E-state index >= 15 is 0 Å². The highest BCUT2D eigenvalue weighted by atomic mass is 35.5. The molecule has 0 atom stereocenters. The summed E-state index contributed by atoms with van der Waals surface area (Å²) in [5.41, 5.74) is 0. The molecule has 21 heavy (non-hydrogen) atoms. The second kappa shape index (κ2) is 6.15. The number of halogens is 1. The first kappa shape index (κ1) is 14.5. The molecule has 0 bridgehead atoms. The van der Waals surface area contributed by atoms with E-state index in [2.05, 4.69) is 33.6 Å². The monoisotopic (exact) mass is 324 g/mol. The van der Waals surface area contributed by atoms with Crippen LogP contribution in [0, 0.1) is 0 Å². The number of aromatic nitrogens is 2. The molecule has 0 saturated heterocycles. The fraction of sp³-hybridized carbons (Fsp3) is 0.500. The normalized spacial score (nSPS) is 14.4.